The predicted octanol–water partition coefficient (Wildman–Crippen LogP) is 2.03. The molecule has 0 aliphatic carbocycles. The molecule has 1 aliphatic rings. The van der Waals surface area contributed by atoms with Crippen molar-refractivity contribution in [1.29, 1.82) is 0 Å². The average Bonchev–Trinajstić information content (AvgIpc) is 2.87. The van der Waals surface area contributed by atoms with Crippen molar-refractivity contribution >= 4 is 0 Å². The third-order valence-corrected chi connectivity index (χ3v) is 4.01. The Hall–Kier alpha value is -0.940. The van der Waals surface area contributed by atoms with Crippen LogP contribution < -0.4 is 5.32 Å². The zero-order valence-corrected chi connectivity index (χ0v) is 13.6. The van der Waals surface area contributed by atoms with Gasteiger partial charge in [0.1, 0.15) is 0 Å². The SMILES string of the molecule is COC1CN(Cc2cccc(CNC(C)C)c2)CC1OC. The molecule has 4 heteroatoms. The van der Waals surface area contributed by atoms with Gasteiger partial charge < -0.3 is 14.8 Å². The molecular formula is C17H28N2O2. The molecule has 1 heterocycles. The van der Waals surface area contributed by atoms with Crippen molar-refractivity contribution in [2.45, 2.75) is 45.2 Å². The van der Waals surface area contributed by atoms with E-state index in [0.717, 1.165) is 26.2 Å². The van der Waals surface area contributed by atoms with E-state index in [9.17, 15) is 0 Å². The van der Waals surface area contributed by atoms with Crippen molar-refractivity contribution in [2.75, 3.05) is 27.3 Å². The fourth-order valence-corrected chi connectivity index (χ4v) is 2.82. The molecule has 2 rings (SSSR count). The maximum atomic E-state index is 5.49. The number of methoxy groups -OCH3 is 2. The monoisotopic (exact) mass is 292 g/mol. The van der Waals surface area contributed by atoms with Crippen LogP contribution in [0.1, 0.15) is 25.0 Å². The third-order valence-electron chi connectivity index (χ3n) is 4.01. The van der Waals surface area contributed by atoms with E-state index in [0.29, 0.717) is 6.04 Å². The second-order valence-electron chi connectivity index (χ2n) is 6.10. The molecule has 2 atom stereocenters. The van der Waals surface area contributed by atoms with E-state index < -0.39 is 0 Å². The maximum Gasteiger partial charge on any atom is 0.0971 e. The smallest absolute Gasteiger partial charge is 0.0971 e. The first-order chi connectivity index (χ1) is 10.1. The Morgan fingerprint density at radius 1 is 1.14 bits per heavy atom. The lowest BCUT2D eigenvalue weighted by atomic mass is 10.1. The minimum Gasteiger partial charge on any atom is -0.377 e. The quantitative estimate of drug-likeness (QED) is 0.834. The number of hydrogen-bond donors (Lipinski definition) is 1. The summed E-state index contributed by atoms with van der Waals surface area (Å²) in [7, 11) is 3.52. The molecule has 1 aromatic carbocycles. The predicted molar refractivity (Wildman–Crippen MR) is 85.3 cm³/mol. The molecule has 1 aliphatic heterocycles. The summed E-state index contributed by atoms with van der Waals surface area (Å²) >= 11 is 0. The van der Waals surface area contributed by atoms with E-state index in [1.807, 2.05) is 0 Å². The lowest BCUT2D eigenvalue weighted by molar-refractivity contribution is -0.00461. The van der Waals surface area contributed by atoms with Gasteiger partial charge in [-0.15, -0.1) is 0 Å². The summed E-state index contributed by atoms with van der Waals surface area (Å²) in [5.74, 6) is 0. The van der Waals surface area contributed by atoms with Crippen LogP contribution in [0, 0.1) is 0 Å². The zero-order valence-electron chi connectivity index (χ0n) is 13.6. The number of nitrogens with one attached hydrogen (secondary N) is 1. The molecule has 2 unspecified atom stereocenters. The first-order valence-corrected chi connectivity index (χ1v) is 7.71. The minimum atomic E-state index is 0.181. The van der Waals surface area contributed by atoms with Gasteiger partial charge >= 0.3 is 0 Å². The largest absolute Gasteiger partial charge is 0.377 e. The van der Waals surface area contributed by atoms with Crippen molar-refractivity contribution in [3.63, 3.8) is 0 Å². The van der Waals surface area contributed by atoms with Gasteiger partial charge in [0, 0.05) is 46.4 Å². The third kappa shape index (κ3) is 4.78. The summed E-state index contributed by atoms with van der Waals surface area (Å²) in [5.41, 5.74) is 2.69. The Labute approximate surface area is 128 Å². The molecule has 118 valence electrons. The summed E-state index contributed by atoms with van der Waals surface area (Å²) in [6.07, 6.45) is 0.363. The zero-order chi connectivity index (χ0) is 15.2. The van der Waals surface area contributed by atoms with Gasteiger partial charge in [0.15, 0.2) is 0 Å². The lowest BCUT2D eigenvalue weighted by Gasteiger charge is -2.16. The topological polar surface area (TPSA) is 33.7 Å². The molecule has 1 fully saturated rings. The number of ether oxygens (including phenoxy) is 2. The first kappa shape index (κ1) is 16.4. The van der Waals surface area contributed by atoms with Crippen molar-refractivity contribution in [1.82, 2.24) is 10.2 Å². The lowest BCUT2D eigenvalue weighted by Crippen LogP contribution is -2.27. The Morgan fingerprint density at radius 3 is 2.33 bits per heavy atom. The Morgan fingerprint density at radius 2 is 1.76 bits per heavy atom. The van der Waals surface area contributed by atoms with E-state index in [1.54, 1.807) is 14.2 Å². The van der Waals surface area contributed by atoms with E-state index in [1.165, 1.54) is 11.1 Å². The van der Waals surface area contributed by atoms with E-state index >= 15 is 0 Å². The molecule has 1 saturated heterocycles. The molecule has 0 spiro atoms. The molecule has 1 N–H and O–H groups in total. The summed E-state index contributed by atoms with van der Waals surface area (Å²) in [4.78, 5) is 2.40. The van der Waals surface area contributed by atoms with Crippen LogP contribution in [0.25, 0.3) is 0 Å². The highest BCUT2D eigenvalue weighted by Gasteiger charge is 2.32. The van der Waals surface area contributed by atoms with Crippen LogP contribution in [0.4, 0.5) is 0 Å². The minimum absolute atomic E-state index is 0.181. The summed E-state index contributed by atoms with van der Waals surface area (Å²) in [6, 6.07) is 9.32. The Balaban J connectivity index is 1.92. The number of rotatable bonds is 7. The summed E-state index contributed by atoms with van der Waals surface area (Å²) in [6.45, 7) is 8.09. The Bertz CT molecular complexity index is 425. The van der Waals surface area contributed by atoms with Crippen LogP contribution in [-0.4, -0.2) is 50.5 Å². The molecule has 0 bridgehead atoms. The van der Waals surface area contributed by atoms with Crippen LogP contribution in [-0.2, 0) is 22.6 Å². The van der Waals surface area contributed by atoms with Gasteiger partial charge in [-0.05, 0) is 11.1 Å². The van der Waals surface area contributed by atoms with Gasteiger partial charge in [0.2, 0.25) is 0 Å². The summed E-state index contributed by atoms with van der Waals surface area (Å²) < 4.78 is 11.0. The van der Waals surface area contributed by atoms with Crippen LogP contribution >= 0.6 is 0 Å². The van der Waals surface area contributed by atoms with Crippen LogP contribution in [0.2, 0.25) is 0 Å². The summed E-state index contributed by atoms with van der Waals surface area (Å²) in [5, 5.41) is 3.46. The van der Waals surface area contributed by atoms with E-state index in [-0.39, 0.29) is 12.2 Å². The van der Waals surface area contributed by atoms with Gasteiger partial charge in [-0.1, -0.05) is 38.1 Å². The van der Waals surface area contributed by atoms with Crippen molar-refractivity contribution < 1.29 is 9.47 Å². The molecule has 21 heavy (non-hydrogen) atoms. The fourth-order valence-electron chi connectivity index (χ4n) is 2.82. The molecule has 0 saturated carbocycles. The van der Waals surface area contributed by atoms with Crippen molar-refractivity contribution in [2.24, 2.45) is 0 Å². The fraction of sp³-hybridized carbons (Fsp3) is 0.647. The highest BCUT2D eigenvalue weighted by molar-refractivity contribution is 5.23. The standard InChI is InChI=1S/C17H28N2O2/c1-13(2)18-9-14-6-5-7-15(8-14)10-19-11-16(20-3)17(12-19)21-4/h5-8,13,16-18H,9-12H2,1-4H3. The molecule has 0 aromatic heterocycles. The normalized spacial score (nSPS) is 23.1. The second kappa shape index (κ2) is 7.90. The van der Waals surface area contributed by atoms with Crippen LogP contribution in [0.3, 0.4) is 0 Å². The van der Waals surface area contributed by atoms with E-state index in [2.05, 4.69) is 48.3 Å². The van der Waals surface area contributed by atoms with Gasteiger partial charge in [-0.2, -0.15) is 0 Å². The molecule has 0 radical (unpaired) electrons. The Kier molecular flexibility index (Phi) is 6.18. The highest BCUT2D eigenvalue weighted by Crippen LogP contribution is 2.18. The molecule has 1 aromatic rings. The van der Waals surface area contributed by atoms with Gasteiger partial charge in [-0.3, -0.25) is 4.90 Å². The second-order valence-corrected chi connectivity index (χ2v) is 6.10. The average molecular weight is 292 g/mol. The van der Waals surface area contributed by atoms with Crippen LogP contribution in [0.5, 0.6) is 0 Å². The number of nitrogens with zero attached hydrogens (tertiary/aromatic N) is 1. The van der Waals surface area contributed by atoms with Gasteiger partial charge in [0.05, 0.1) is 12.2 Å². The maximum absolute atomic E-state index is 5.49. The molecule has 0 amide bonds. The number of likely N-dealkylation sites (tertiary alicyclic amines) is 1. The van der Waals surface area contributed by atoms with Gasteiger partial charge in [-0.25, -0.2) is 0 Å². The molecule has 4 nitrogen and oxygen atoms in total. The highest BCUT2D eigenvalue weighted by atomic mass is 16.5. The van der Waals surface area contributed by atoms with Crippen molar-refractivity contribution in [3.05, 3.63) is 35.4 Å². The van der Waals surface area contributed by atoms with E-state index in [4.69, 9.17) is 9.47 Å². The van der Waals surface area contributed by atoms with Crippen molar-refractivity contribution in [3.8, 4) is 0 Å². The number of hydrogen-bond acceptors (Lipinski definition) is 4. The number of benzene rings is 1. The first-order valence-electron chi connectivity index (χ1n) is 7.71. The van der Waals surface area contributed by atoms with Gasteiger partial charge in [0.25, 0.3) is 0 Å². The van der Waals surface area contributed by atoms with Crippen LogP contribution in [0.15, 0.2) is 24.3 Å². The molecular weight excluding hydrogens is 264 g/mol.